The number of carbonyl (C=O) groups is 2. The molecule has 1 saturated heterocycles. The summed E-state index contributed by atoms with van der Waals surface area (Å²) in [6.07, 6.45) is 6.00. The van der Waals surface area contributed by atoms with Gasteiger partial charge in [-0.2, -0.15) is 0 Å². The van der Waals surface area contributed by atoms with Crippen molar-refractivity contribution in [1.82, 2.24) is 9.88 Å². The fourth-order valence-electron chi connectivity index (χ4n) is 5.17. The minimum atomic E-state index is -0.477. The van der Waals surface area contributed by atoms with E-state index < -0.39 is 5.60 Å². The number of benzene rings is 2. The van der Waals surface area contributed by atoms with Crippen LogP contribution in [-0.4, -0.2) is 47.1 Å². The zero-order chi connectivity index (χ0) is 26.7. The summed E-state index contributed by atoms with van der Waals surface area (Å²) in [5, 5.41) is 0. The lowest BCUT2D eigenvalue weighted by Gasteiger charge is -2.33. The van der Waals surface area contributed by atoms with Crippen molar-refractivity contribution in [3.8, 4) is 5.75 Å². The summed E-state index contributed by atoms with van der Waals surface area (Å²) in [6, 6.07) is 19.6. The maximum absolute atomic E-state index is 13.6. The van der Waals surface area contributed by atoms with Crippen molar-refractivity contribution in [2.45, 2.75) is 45.6 Å². The molecule has 0 spiro atoms. The van der Waals surface area contributed by atoms with Crippen molar-refractivity contribution >= 4 is 23.0 Å². The number of hydrogen-bond donors (Lipinski definition) is 0. The van der Waals surface area contributed by atoms with Crippen LogP contribution in [0.25, 0.3) is 11.1 Å². The number of Topliss-reactive ketones (excluding diaryl/α,β-unsaturated/α-hetero) is 1. The van der Waals surface area contributed by atoms with Crippen molar-refractivity contribution in [2.24, 2.45) is 5.92 Å². The van der Waals surface area contributed by atoms with Gasteiger partial charge in [-0.15, -0.1) is 0 Å². The van der Waals surface area contributed by atoms with Gasteiger partial charge in [-0.05, 0) is 81.3 Å². The average molecular weight is 511 g/mol. The van der Waals surface area contributed by atoms with Crippen molar-refractivity contribution in [3.05, 3.63) is 95.3 Å². The van der Waals surface area contributed by atoms with Gasteiger partial charge in [0, 0.05) is 47.8 Å². The summed E-state index contributed by atoms with van der Waals surface area (Å²) >= 11 is 0. The number of amides is 1. The highest BCUT2D eigenvalue weighted by Crippen LogP contribution is 2.43. The first-order chi connectivity index (χ1) is 18.3. The van der Waals surface area contributed by atoms with Crippen molar-refractivity contribution in [1.29, 1.82) is 0 Å². The Morgan fingerprint density at radius 3 is 2.37 bits per heavy atom. The van der Waals surface area contributed by atoms with E-state index in [1.165, 1.54) is 0 Å². The summed E-state index contributed by atoms with van der Waals surface area (Å²) in [4.78, 5) is 32.0. The summed E-state index contributed by atoms with van der Waals surface area (Å²) in [5.74, 6) is 1.18. The normalized spacial score (nSPS) is 16.0. The third kappa shape index (κ3) is 5.64. The highest BCUT2D eigenvalue weighted by atomic mass is 16.6. The van der Waals surface area contributed by atoms with Crippen LogP contribution in [0.2, 0.25) is 0 Å². The smallest absolute Gasteiger partial charge is 0.410 e. The van der Waals surface area contributed by atoms with E-state index in [1.54, 1.807) is 17.3 Å². The number of ketones is 1. The largest absolute Gasteiger partial charge is 0.494 e. The van der Waals surface area contributed by atoms with Gasteiger partial charge in [-0.1, -0.05) is 36.4 Å². The number of hydrogen-bond acceptors (Lipinski definition) is 5. The monoisotopic (exact) mass is 510 g/mol. The summed E-state index contributed by atoms with van der Waals surface area (Å²) in [5.41, 5.74) is 4.52. The maximum Gasteiger partial charge on any atom is 0.410 e. The Bertz CT molecular complexity index is 1330. The molecule has 1 fully saturated rings. The van der Waals surface area contributed by atoms with E-state index in [0.29, 0.717) is 42.5 Å². The first-order valence-corrected chi connectivity index (χ1v) is 13.3. The predicted octanol–water partition coefficient (Wildman–Crippen LogP) is 6.65. The minimum Gasteiger partial charge on any atom is -0.494 e. The number of piperidine rings is 1. The summed E-state index contributed by atoms with van der Waals surface area (Å²) < 4.78 is 11.6. The molecule has 0 unspecified atom stereocenters. The zero-order valence-electron chi connectivity index (χ0n) is 22.3. The van der Waals surface area contributed by atoms with Gasteiger partial charge in [-0.25, -0.2) is 4.79 Å². The van der Waals surface area contributed by atoms with Gasteiger partial charge in [0.25, 0.3) is 0 Å². The Labute approximate surface area is 224 Å². The molecule has 0 saturated carbocycles. The van der Waals surface area contributed by atoms with Crippen LogP contribution in [-0.2, 0) is 4.74 Å². The van der Waals surface area contributed by atoms with Crippen LogP contribution in [0.1, 0.15) is 67.1 Å². The molecule has 3 aromatic rings. The van der Waals surface area contributed by atoms with E-state index in [0.717, 1.165) is 41.5 Å². The van der Waals surface area contributed by atoms with Crippen LogP contribution in [0.5, 0.6) is 5.75 Å². The van der Waals surface area contributed by atoms with E-state index in [-0.39, 0.29) is 11.9 Å². The van der Waals surface area contributed by atoms with Gasteiger partial charge in [0.2, 0.25) is 0 Å². The molecule has 38 heavy (non-hydrogen) atoms. The zero-order valence-corrected chi connectivity index (χ0v) is 22.3. The molecule has 0 N–H and O–H groups in total. The quantitative estimate of drug-likeness (QED) is 0.371. The van der Waals surface area contributed by atoms with E-state index in [4.69, 9.17) is 9.47 Å². The van der Waals surface area contributed by atoms with Crippen molar-refractivity contribution < 1.29 is 19.1 Å². The fourth-order valence-corrected chi connectivity index (χ4v) is 5.17. The van der Waals surface area contributed by atoms with Crippen LogP contribution in [0, 0.1) is 5.92 Å². The molecule has 1 aromatic heterocycles. The van der Waals surface area contributed by atoms with E-state index in [9.17, 15) is 9.59 Å². The lowest BCUT2D eigenvalue weighted by Crippen LogP contribution is -2.41. The Morgan fingerprint density at radius 1 is 0.947 bits per heavy atom. The Hall–Kier alpha value is -3.93. The molecule has 196 valence electrons. The van der Waals surface area contributed by atoms with Crippen molar-refractivity contribution in [3.63, 3.8) is 0 Å². The number of rotatable bonds is 6. The molecule has 6 heteroatoms. The molecule has 1 amide bonds. The molecule has 6 nitrogen and oxygen atoms in total. The van der Waals surface area contributed by atoms with Gasteiger partial charge in [-0.3, -0.25) is 9.78 Å². The predicted molar refractivity (Wildman–Crippen MR) is 148 cm³/mol. The second-order valence-electron chi connectivity index (χ2n) is 10.9. The lowest BCUT2D eigenvalue weighted by molar-refractivity contribution is 0.0177. The molecule has 0 bridgehead atoms. The molecule has 1 aliphatic heterocycles. The molecule has 2 aliphatic rings. The third-order valence-corrected chi connectivity index (χ3v) is 7.06. The fraction of sp³-hybridized carbons (Fsp3) is 0.344. The van der Waals surface area contributed by atoms with Crippen LogP contribution >= 0.6 is 0 Å². The molecular weight excluding hydrogens is 476 g/mol. The van der Waals surface area contributed by atoms with Crippen LogP contribution < -0.4 is 4.74 Å². The molecular formula is C32H34N2O4. The minimum absolute atomic E-state index is 0.00758. The van der Waals surface area contributed by atoms with Crippen LogP contribution in [0.15, 0.2) is 73.1 Å². The van der Waals surface area contributed by atoms with Crippen molar-refractivity contribution in [2.75, 3.05) is 19.7 Å². The van der Waals surface area contributed by atoms with Gasteiger partial charge < -0.3 is 14.4 Å². The second kappa shape index (κ2) is 10.8. The SMILES string of the molecule is CC(C)(C)OC(=O)N1CCC(CCOc2ccc3c(c2)C(=O)C(c2cccnc2)=C3c2ccccc2)CC1. The highest BCUT2D eigenvalue weighted by Gasteiger charge is 2.32. The van der Waals surface area contributed by atoms with Gasteiger partial charge in [0.1, 0.15) is 11.4 Å². The van der Waals surface area contributed by atoms with E-state index >= 15 is 0 Å². The maximum atomic E-state index is 13.6. The number of fused-ring (bicyclic) bond motifs is 1. The number of likely N-dealkylation sites (tertiary alicyclic amines) is 1. The van der Waals surface area contributed by atoms with Gasteiger partial charge in [0.05, 0.1) is 6.61 Å². The number of aromatic nitrogens is 1. The average Bonchev–Trinajstić information content (AvgIpc) is 3.21. The number of pyridine rings is 1. The molecule has 0 radical (unpaired) electrons. The number of nitrogens with zero attached hydrogens (tertiary/aromatic N) is 2. The third-order valence-electron chi connectivity index (χ3n) is 7.06. The number of allylic oxidation sites excluding steroid dienone is 1. The van der Waals surface area contributed by atoms with E-state index in [2.05, 4.69) is 4.98 Å². The molecule has 5 rings (SSSR count). The topological polar surface area (TPSA) is 68.7 Å². The van der Waals surface area contributed by atoms with E-state index in [1.807, 2.05) is 81.4 Å². The Kier molecular flexibility index (Phi) is 7.32. The van der Waals surface area contributed by atoms with Gasteiger partial charge >= 0.3 is 6.09 Å². The van der Waals surface area contributed by atoms with Gasteiger partial charge in [0.15, 0.2) is 5.78 Å². The van der Waals surface area contributed by atoms with Crippen LogP contribution in [0.4, 0.5) is 4.79 Å². The lowest BCUT2D eigenvalue weighted by atomic mass is 9.94. The first-order valence-electron chi connectivity index (χ1n) is 13.3. The second-order valence-corrected chi connectivity index (χ2v) is 10.9. The Morgan fingerprint density at radius 2 is 1.68 bits per heavy atom. The highest BCUT2D eigenvalue weighted by molar-refractivity contribution is 6.41. The Balaban J connectivity index is 1.24. The number of carbonyl (C=O) groups excluding carboxylic acids is 2. The molecule has 2 aromatic carbocycles. The summed E-state index contributed by atoms with van der Waals surface area (Å²) in [6.45, 7) is 7.65. The molecule has 0 atom stereocenters. The number of ether oxygens (including phenoxy) is 2. The van der Waals surface area contributed by atoms with Crippen LogP contribution in [0.3, 0.4) is 0 Å². The summed E-state index contributed by atoms with van der Waals surface area (Å²) in [7, 11) is 0. The first kappa shape index (κ1) is 25.7. The standard InChI is InChI=1S/C32H34N2O4/c1-32(2,3)38-31(36)34-17-13-22(14-18-34)15-19-37-25-11-12-26-27(20-25)30(35)29(24-10-7-16-33-21-24)28(26)23-8-5-4-6-9-23/h4-12,16,20-22H,13-15,17-19H2,1-3H3. The molecule has 1 aliphatic carbocycles. The molecule has 2 heterocycles.